The maximum Gasteiger partial charge on any atom is 0.411 e. The van der Waals surface area contributed by atoms with Crippen LogP contribution in [0.15, 0.2) is 72.8 Å². The molecule has 7 heteroatoms. The van der Waals surface area contributed by atoms with Crippen LogP contribution in [0.2, 0.25) is 0 Å². The van der Waals surface area contributed by atoms with Gasteiger partial charge >= 0.3 is 6.09 Å². The van der Waals surface area contributed by atoms with Gasteiger partial charge in [0, 0.05) is 29.8 Å². The van der Waals surface area contributed by atoms with Gasteiger partial charge in [-0.3, -0.25) is 19.8 Å². The van der Waals surface area contributed by atoms with Gasteiger partial charge in [0.15, 0.2) is 0 Å². The molecule has 0 aromatic heterocycles. The highest BCUT2D eigenvalue weighted by molar-refractivity contribution is 5.92. The van der Waals surface area contributed by atoms with E-state index in [9.17, 15) is 14.4 Å². The van der Waals surface area contributed by atoms with Gasteiger partial charge in [-0.2, -0.15) is 0 Å². The minimum absolute atomic E-state index is 0.0611. The zero-order valence-corrected chi connectivity index (χ0v) is 21.4. The second kappa shape index (κ2) is 12.0. The van der Waals surface area contributed by atoms with Crippen LogP contribution in [0, 0.1) is 5.92 Å². The molecule has 0 spiro atoms. The number of ether oxygens (including phenoxy) is 1. The van der Waals surface area contributed by atoms with Gasteiger partial charge in [0.2, 0.25) is 5.91 Å². The lowest BCUT2D eigenvalue weighted by Gasteiger charge is -2.43. The van der Waals surface area contributed by atoms with Gasteiger partial charge in [-0.1, -0.05) is 42.5 Å². The van der Waals surface area contributed by atoms with Crippen molar-refractivity contribution in [3.63, 3.8) is 0 Å². The lowest BCUT2D eigenvalue weighted by molar-refractivity contribution is -0.116. The summed E-state index contributed by atoms with van der Waals surface area (Å²) in [5, 5.41) is 5.88. The van der Waals surface area contributed by atoms with Crippen LogP contribution in [0.3, 0.4) is 0 Å². The highest BCUT2D eigenvalue weighted by atomic mass is 16.6. The molecule has 3 saturated heterocycles. The number of fused-ring (bicyclic) bond motifs is 3. The van der Waals surface area contributed by atoms with E-state index in [2.05, 4.69) is 15.5 Å². The van der Waals surface area contributed by atoms with Crippen molar-refractivity contribution in [2.45, 2.75) is 38.2 Å². The number of piperidine rings is 3. The molecule has 3 aliphatic rings. The standard InChI is InChI=1S/C31H33N3O4/c35-21-23-9-12-26(13-10-23)32-30(36)8-4-5-22-11-14-27(24-6-2-1-3-7-24)28(19-22)33-31(37)38-29-20-34-17-15-25(29)16-18-34/h1-3,6-7,9-14,19,21,25,29H,4-5,8,15-18,20H2,(H,32,36)(H,33,37)/t29-/m0/s1. The summed E-state index contributed by atoms with van der Waals surface area (Å²) in [5.41, 5.74) is 4.92. The molecular formula is C31H33N3O4. The molecule has 3 heterocycles. The number of nitrogens with zero attached hydrogens (tertiary/aromatic N) is 1. The lowest BCUT2D eigenvalue weighted by atomic mass is 9.86. The fourth-order valence-electron chi connectivity index (χ4n) is 5.36. The molecule has 0 aliphatic carbocycles. The number of hydrogen-bond donors (Lipinski definition) is 2. The molecule has 2 bridgehead atoms. The highest BCUT2D eigenvalue weighted by Crippen LogP contribution is 2.32. The number of anilines is 2. The van der Waals surface area contributed by atoms with Crippen LogP contribution in [0.5, 0.6) is 0 Å². The summed E-state index contributed by atoms with van der Waals surface area (Å²) >= 11 is 0. The molecule has 7 nitrogen and oxygen atoms in total. The quantitative estimate of drug-likeness (QED) is 0.356. The first-order chi connectivity index (χ1) is 18.6. The minimum atomic E-state index is -0.418. The van der Waals surface area contributed by atoms with Gasteiger partial charge in [0.25, 0.3) is 0 Å². The van der Waals surface area contributed by atoms with Crippen LogP contribution < -0.4 is 10.6 Å². The number of amides is 2. The van der Waals surface area contributed by atoms with Crippen molar-refractivity contribution in [2.24, 2.45) is 5.92 Å². The summed E-state index contributed by atoms with van der Waals surface area (Å²) in [7, 11) is 0. The first-order valence-corrected chi connectivity index (χ1v) is 13.3. The van der Waals surface area contributed by atoms with Crippen LogP contribution in [0.25, 0.3) is 11.1 Å². The average molecular weight is 512 g/mol. The van der Waals surface area contributed by atoms with Crippen molar-refractivity contribution in [3.8, 4) is 11.1 Å². The summed E-state index contributed by atoms with van der Waals surface area (Å²) in [6.07, 6.45) is 4.17. The predicted octanol–water partition coefficient (Wildman–Crippen LogP) is 5.77. The normalized spacial score (nSPS) is 19.9. The molecule has 0 saturated carbocycles. The Morgan fingerprint density at radius 1 is 0.947 bits per heavy atom. The van der Waals surface area contributed by atoms with Crippen LogP contribution in [-0.4, -0.2) is 48.9 Å². The molecule has 0 unspecified atom stereocenters. The molecule has 0 radical (unpaired) electrons. The number of carbonyl (C=O) groups excluding carboxylic acids is 3. The van der Waals surface area contributed by atoms with Crippen LogP contribution in [0.1, 0.15) is 41.6 Å². The Morgan fingerprint density at radius 3 is 2.39 bits per heavy atom. The fourth-order valence-corrected chi connectivity index (χ4v) is 5.36. The minimum Gasteiger partial charge on any atom is -0.444 e. The first kappa shape index (κ1) is 25.7. The summed E-state index contributed by atoms with van der Waals surface area (Å²) in [6.45, 7) is 3.00. The first-order valence-electron chi connectivity index (χ1n) is 13.3. The Kier molecular flexibility index (Phi) is 8.14. The van der Waals surface area contributed by atoms with E-state index < -0.39 is 6.09 Å². The Hall–Kier alpha value is -3.97. The van der Waals surface area contributed by atoms with E-state index in [4.69, 9.17) is 4.74 Å². The molecule has 196 valence electrons. The largest absolute Gasteiger partial charge is 0.444 e. The number of rotatable bonds is 9. The van der Waals surface area contributed by atoms with E-state index in [0.717, 1.165) is 55.5 Å². The van der Waals surface area contributed by atoms with Crippen molar-refractivity contribution >= 4 is 29.7 Å². The number of carbonyl (C=O) groups is 3. The Labute approximate surface area is 223 Å². The van der Waals surface area contributed by atoms with Crippen molar-refractivity contribution in [2.75, 3.05) is 30.3 Å². The monoisotopic (exact) mass is 511 g/mol. The molecular weight excluding hydrogens is 478 g/mol. The van der Waals surface area contributed by atoms with Gasteiger partial charge in [0.05, 0.1) is 5.69 Å². The zero-order valence-electron chi connectivity index (χ0n) is 21.4. The van der Waals surface area contributed by atoms with Crippen molar-refractivity contribution in [1.82, 2.24) is 4.90 Å². The van der Waals surface area contributed by atoms with Crippen molar-refractivity contribution < 1.29 is 19.1 Å². The van der Waals surface area contributed by atoms with Crippen molar-refractivity contribution in [1.29, 1.82) is 0 Å². The molecule has 3 aliphatic heterocycles. The highest BCUT2D eigenvalue weighted by Gasteiger charge is 2.36. The van der Waals surface area contributed by atoms with Crippen LogP contribution in [0.4, 0.5) is 16.2 Å². The lowest BCUT2D eigenvalue weighted by Crippen LogP contribution is -2.52. The van der Waals surface area contributed by atoms with Gasteiger partial charge in [0.1, 0.15) is 12.4 Å². The summed E-state index contributed by atoms with van der Waals surface area (Å²) in [4.78, 5) is 38.5. The number of hydrogen-bond acceptors (Lipinski definition) is 5. The number of benzene rings is 3. The third-order valence-electron chi connectivity index (χ3n) is 7.46. The molecule has 3 aromatic rings. The summed E-state index contributed by atoms with van der Waals surface area (Å²) in [5.74, 6) is 0.365. The maximum absolute atomic E-state index is 12.9. The Morgan fingerprint density at radius 2 is 1.71 bits per heavy atom. The molecule has 3 aromatic carbocycles. The molecule has 6 rings (SSSR count). The Bertz CT molecular complexity index is 1270. The number of nitrogens with one attached hydrogen (secondary N) is 2. The van der Waals surface area contributed by atoms with E-state index in [1.807, 2.05) is 48.5 Å². The van der Waals surface area contributed by atoms with Crippen LogP contribution >= 0.6 is 0 Å². The van der Waals surface area contributed by atoms with E-state index in [0.29, 0.717) is 42.1 Å². The second-order valence-corrected chi connectivity index (χ2v) is 10.1. The van der Waals surface area contributed by atoms with Gasteiger partial charge in [-0.15, -0.1) is 0 Å². The molecule has 1 atom stereocenters. The van der Waals surface area contributed by atoms with E-state index >= 15 is 0 Å². The smallest absolute Gasteiger partial charge is 0.411 e. The van der Waals surface area contributed by atoms with Gasteiger partial charge in [-0.05, 0) is 86.1 Å². The number of aryl methyl sites for hydroxylation is 1. The maximum atomic E-state index is 12.9. The second-order valence-electron chi connectivity index (χ2n) is 10.1. The van der Waals surface area contributed by atoms with E-state index in [1.54, 1.807) is 24.3 Å². The third-order valence-corrected chi connectivity index (χ3v) is 7.46. The van der Waals surface area contributed by atoms with Crippen LogP contribution in [-0.2, 0) is 16.0 Å². The van der Waals surface area contributed by atoms with E-state index in [1.165, 1.54) is 0 Å². The summed E-state index contributed by atoms with van der Waals surface area (Å²) < 4.78 is 5.88. The fraction of sp³-hybridized carbons (Fsp3) is 0.323. The predicted molar refractivity (Wildman–Crippen MR) is 148 cm³/mol. The van der Waals surface area contributed by atoms with Gasteiger partial charge < -0.3 is 10.1 Å². The van der Waals surface area contributed by atoms with Gasteiger partial charge in [-0.25, -0.2) is 4.79 Å². The zero-order chi connectivity index (χ0) is 26.3. The SMILES string of the molecule is O=Cc1ccc(NC(=O)CCCc2ccc(-c3ccccc3)c(NC(=O)O[C@H]3CN4CCC3CC4)c2)cc1. The molecule has 3 fully saturated rings. The van der Waals surface area contributed by atoms with E-state index in [-0.39, 0.29) is 12.0 Å². The number of aldehydes is 1. The topological polar surface area (TPSA) is 87.7 Å². The average Bonchev–Trinajstić information content (AvgIpc) is 2.95. The summed E-state index contributed by atoms with van der Waals surface area (Å²) in [6, 6.07) is 22.8. The molecule has 2 amide bonds. The third kappa shape index (κ3) is 6.47. The van der Waals surface area contributed by atoms with Crippen molar-refractivity contribution in [3.05, 3.63) is 83.9 Å². The Balaban J connectivity index is 1.22. The molecule has 2 N–H and O–H groups in total. The molecule has 38 heavy (non-hydrogen) atoms.